The molecule has 0 atom stereocenters. The summed E-state index contributed by atoms with van der Waals surface area (Å²) < 4.78 is 6.11. The van der Waals surface area contributed by atoms with Gasteiger partial charge in [0.1, 0.15) is 11.5 Å². The number of esters is 1. The summed E-state index contributed by atoms with van der Waals surface area (Å²) in [6.07, 6.45) is 0. The quantitative estimate of drug-likeness (QED) is 0.542. The van der Waals surface area contributed by atoms with Crippen LogP contribution in [0.5, 0.6) is 11.5 Å². The molecule has 0 amide bonds. The summed E-state index contributed by atoms with van der Waals surface area (Å²) in [4.78, 5) is 24.6. The normalized spacial score (nSPS) is 14.3. The largest absolute Gasteiger partial charge is 0.508 e. The molecule has 3 N–H and O–H groups in total. The van der Waals surface area contributed by atoms with Gasteiger partial charge in [0, 0.05) is 16.7 Å². The molecule has 1 heterocycles. The fourth-order valence-electron chi connectivity index (χ4n) is 4.65. The lowest BCUT2D eigenvalue weighted by atomic mass is 9.73. The van der Waals surface area contributed by atoms with Crippen molar-refractivity contribution >= 4 is 11.9 Å². The molecule has 4 rings (SSSR count). The van der Waals surface area contributed by atoms with Gasteiger partial charge < -0.3 is 20.1 Å². The molecule has 0 fully saturated rings. The fourth-order valence-corrected chi connectivity index (χ4v) is 4.65. The summed E-state index contributed by atoms with van der Waals surface area (Å²) in [7, 11) is 0. The Labute approximate surface area is 179 Å². The van der Waals surface area contributed by atoms with E-state index in [0.717, 1.165) is 11.1 Å². The number of carboxylic acid groups (broad SMARTS) is 1. The zero-order chi connectivity index (χ0) is 22.7. The molecular formula is C25H22O6. The van der Waals surface area contributed by atoms with Crippen molar-refractivity contribution < 1.29 is 29.6 Å². The Morgan fingerprint density at radius 1 is 0.839 bits per heavy atom. The Hall–Kier alpha value is -3.80. The van der Waals surface area contributed by atoms with Crippen LogP contribution < -0.4 is 0 Å². The van der Waals surface area contributed by atoms with Gasteiger partial charge >= 0.3 is 11.9 Å². The average molecular weight is 418 g/mol. The first-order valence-corrected chi connectivity index (χ1v) is 9.80. The lowest BCUT2D eigenvalue weighted by molar-refractivity contribution is 0.0243. The Morgan fingerprint density at radius 3 is 1.84 bits per heavy atom. The van der Waals surface area contributed by atoms with Gasteiger partial charge in [-0.1, -0.05) is 18.2 Å². The van der Waals surface area contributed by atoms with Gasteiger partial charge in [-0.25, -0.2) is 9.59 Å². The molecule has 1 aliphatic heterocycles. The van der Waals surface area contributed by atoms with E-state index in [1.165, 1.54) is 12.1 Å². The number of phenols is 2. The summed E-state index contributed by atoms with van der Waals surface area (Å²) in [5, 5.41) is 30.4. The topological polar surface area (TPSA) is 104 Å². The molecule has 31 heavy (non-hydrogen) atoms. The number of aryl methyl sites for hydroxylation is 2. The third-order valence-electron chi connectivity index (χ3n) is 6.11. The third-order valence-corrected chi connectivity index (χ3v) is 6.11. The molecule has 0 saturated carbocycles. The first-order valence-electron chi connectivity index (χ1n) is 9.80. The number of hydrogen-bond donors (Lipinski definition) is 3. The van der Waals surface area contributed by atoms with E-state index in [2.05, 4.69) is 0 Å². The molecule has 0 unspecified atom stereocenters. The second-order valence-corrected chi connectivity index (χ2v) is 7.94. The van der Waals surface area contributed by atoms with Crippen molar-refractivity contribution in [1.82, 2.24) is 0 Å². The van der Waals surface area contributed by atoms with E-state index in [-0.39, 0.29) is 22.6 Å². The summed E-state index contributed by atoms with van der Waals surface area (Å²) in [6.45, 7) is 7.19. The van der Waals surface area contributed by atoms with Gasteiger partial charge in [-0.15, -0.1) is 0 Å². The van der Waals surface area contributed by atoms with E-state index in [0.29, 0.717) is 27.8 Å². The predicted molar refractivity (Wildman–Crippen MR) is 114 cm³/mol. The number of aromatic carboxylic acids is 1. The minimum atomic E-state index is -1.46. The number of carboxylic acids is 1. The lowest BCUT2D eigenvalue weighted by Crippen LogP contribution is -2.33. The van der Waals surface area contributed by atoms with Crippen LogP contribution in [0.15, 0.2) is 42.5 Å². The number of cyclic esters (lactones) is 1. The molecule has 0 spiro atoms. The van der Waals surface area contributed by atoms with Crippen molar-refractivity contribution in [3.8, 4) is 11.5 Å². The Bertz CT molecular complexity index is 1210. The highest BCUT2D eigenvalue weighted by atomic mass is 16.6. The molecule has 0 aromatic heterocycles. The number of benzene rings is 3. The molecule has 3 aromatic carbocycles. The maximum Gasteiger partial charge on any atom is 0.340 e. The SMILES string of the molecule is Cc1ccc(O)c(C)c1C1(c2c(C)ccc(O)c2C)OC(=O)c2cc(C(=O)O)ccc21. The van der Waals surface area contributed by atoms with Crippen molar-refractivity contribution in [3.05, 3.63) is 92.5 Å². The minimum Gasteiger partial charge on any atom is -0.508 e. The van der Waals surface area contributed by atoms with E-state index in [1.807, 2.05) is 13.8 Å². The Kier molecular flexibility index (Phi) is 4.54. The summed E-state index contributed by atoms with van der Waals surface area (Å²) >= 11 is 0. The van der Waals surface area contributed by atoms with Gasteiger partial charge in [-0.2, -0.15) is 0 Å². The lowest BCUT2D eigenvalue weighted by Gasteiger charge is -2.35. The number of carbonyl (C=O) groups excluding carboxylic acids is 1. The minimum absolute atomic E-state index is 0.0276. The number of ether oxygens (including phenoxy) is 1. The number of carbonyl (C=O) groups is 2. The van der Waals surface area contributed by atoms with Crippen LogP contribution in [-0.2, 0) is 10.3 Å². The van der Waals surface area contributed by atoms with E-state index >= 15 is 0 Å². The number of fused-ring (bicyclic) bond motifs is 1. The zero-order valence-electron chi connectivity index (χ0n) is 17.6. The highest BCUT2D eigenvalue weighted by Crippen LogP contribution is 2.52. The smallest absolute Gasteiger partial charge is 0.340 e. The number of aromatic hydroxyl groups is 2. The average Bonchev–Trinajstić information content (AvgIpc) is 3.01. The molecule has 158 valence electrons. The molecule has 1 aliphatic rings. The number of hydrogen-bond acceptors (Lipinski definition) is 5. The highest BCUT2D eigenvalue weighted by molar-refractivity contribution is 6.00. The molecule has 0 radical (unpaired) electrons. The molecular weight excluding hydrogens is 396 g/mol. The van der Waals surface area contributed by atoms with Crippen LogP contribution in [0.4, 0.5) is 0 Å². The molecule has 3 aromatic rings. The standard InChI is InChI=1S/C25H22O6/c1-12-5-9-19(26)14(3)21(12)25(22-13(2)6-10-20(27)15(22)4)18-8-7-16(23(28)29)11-17(18)24(30)31-25/h5-11,26-27H,1-4H3,(H,28,29). The summed E-state index contributed by atoms with van der Waals surface area (Å²) in [5.41, 5.74) is 2.92. The van der Waals surface area contributed by atoms with Crippen LogP contribution in [0.1, 0.15) is 59.7 Å². The van der Waals surface area contributed by atoms with Crippen molar-refractivity contribution in [3.63, 3.8) is 0 Å². The molecule has 0 aliphatic carbocycles. The van der Waals surface area contributed by atoms with Crippen molar-refractivity contribution in [2.75, 3.05) is 0 Å². The molecule has 6 nitrogen and oxygen atoms in total. The van der Waals surface area contributed by atoms with Crippen LogP contribution in [0.3, 0.4) is 0 Å². The Balaban J connectivity index is 2.21. The van der Waals surface area contributed by atoms with Gasteiger partial charge in [0.25, 0.3) is 0 Å². The van der Waals surface area contributed by atoms with Gasteiger partial charge in [0.15, 0.2) is 5.60 Å². The highest BCUT2D eigenvalue weighted by Gasteiger charge is 2.52. The van der Waals surface area contributed by atoms with Gasteiger partial charge in [-0.3, -0.25) is 0 Å². The van der Waals surface area contributed by atoms with Crippen LogP contribution in [0.25, 0.3) is 0 Å². The van der Waals surface area contributed by atoms with Crippen LogP contribution in [-0.4, -0.2) is 27.3 Å². The Morgan fingerprint density at radius 2 is 1.35 bits per heavy atom. The first-order chi connectivity index (χ1) is 14.6. The summed E-state index contributed by atoms with van der Waals surface area (Å²) in [6, 6.07) is 11.0. The second-order valence-electron chi connectivity index (χ2n) is 7.94. The van der Waals surface area contributed by atoms with E-state index in [1.54, 1.807) is 44.2 Å². The van der Waals surface area contributed by atoms with Crippen molar-refractivity contribution in [2.45, 2.75) is 33.3 Å². The maximum atomic E-state index is 13.1. The van der Waals surface area contributed by atoms with E-state index < -0.39 is 17.5 Å². The predicted octanol–water partition coefficient (Wildman–Crippen LogP) is 4.49. The number of rotatable bonds is 3. The first kappa shape index (κ1) is 20.5. The monoisotopic (exact) mass is 418 g/mol. The van der Waals surface area contributed by atoms with E-state index in [9.17, 15) is 24.9 Å². The molecule has 0 saturated heterocycles. The van der Waals surface area contributed by atoms with Gasteiger partial charge in [0.05, 0.1) is 11.1 Å². The van der Waals surface area contributed by atoms with Gasteiger partial charge in [-0.05, 0) is 74.2 Å². The van der Waals surface area contributed by atoms with Gasteiger partial charge in [0.2, 0.25) is 0 Å². The van der Waals surface area contributed by atoms with Crippen molar-refractivity contribution in [2.24, 2.45) is 0 Å². The molecule has 6 heteroatoms. The zero-order valence-corrected chi connectivity index (χ0v) is 17.6. The third kappa shape index (κ3) is 2.79. The van der Waals surface area contributed by atoms with Crippen molar-refractivity contribution in [1.29, 1.82) is 0 Å². The van der Waals surface area contributed by atoms with Crippen LogP contribution in [0.2, 0.25) is 0 Å². The summed E-state index contributed by atoms with van der Waals surface area (Å²) in [5.74, 6) is -1.73. The maximum absolute atomic E-state index is 13.1. The fraction of sp³-hybridized carbons (Fsp3) is 0.200. The molecule has 0 bridgehead atoms. The van der Waals surface area contributed by atoms with Crippen LogP contribution >= 0.6 is 0 Å². The van der Waals surface area contributed by atoms with E-state index in [4.69, 9.17) is 4.74 Å². The van der Waals surface area contributed by atoms with Crippen LogP contribution in [0, 0.1) is 27.7 Å². The number of phenolic OH excluding ortho intramolecular Hbond substituents is 2. The second kappa shape index (κ2) is 6.87.